The predicted octanol–water partition coefficient (Wildman–Crippen LogP) is 3.19. The molecule has 0 spiro atoms. The zero-order chi connectivity index (χ0) is 22.4. The molecule has 31 heavy (non-hydrogen) atoms. The Balaban J connectivity index is 1.52. The summed E-state index contributed by atoms with van der Waals surface area (Å²) in [5.41, 5.74) is 0.458. The van der Waals surface area contributed by atoms with Gasteiger partial charge in [0.25, 0.3) is 5.91 Å². The standard InChI is InChI=1S/C22H28ClNO6S/c23-17-8-6-16(7-9-17)20(25)10-11-22(27)30-14-21(26)24(18-4-2-1-3-5-18)19-12-13-31(28,29)15-19/h6-9,18-19H,1-5,10-15H2. The average molecular weight is 470 g/mol. The van der Waals surface area contributed by atoms with Gasteiger partial charge in [-0.2, -0.15) is 0 Å². The third-order valence-corrected chi connectivity index (χ3v) is 7.94. The monoisotopic (exact) mass is 469 g/mol. The molecular weight excluding hydrogens is 442 g/mol. The Hall–Kier alpha value is -1.93. The van der Waals surface area contributed by atoms with Crippen molar-refractivity contribution in [3.8, 4) is 0 Å². The fraction of sp³-hybridized carbons (Fsp3) is 0.591. The summed E-state index contributed by atoms with van der Waals surface area (Å²) in [5, 5.41) is 0.520. The van der Waals surface area contributed by atoms with Crippen LogP contribution < -0.4 is 0 Å². The van der Waals surface area contributed by atoms with Crippen molar-refractivity contribution < 1.29 is 27.5 Å². The number of esters is 1. The molecule has 1 aliphatic heterocycles. The lowest BCUT2D eigenvalue weighted by atomic mass is 9.93. The summed E-state index contributed by atoms with van der Waals surface area (Å²) in [7, 11) is -3.14. The highest BCUT2D eigenvalue weighted by atomic mass is 35.5. The minimum Gasteiger partial charge on any atom is -0.456 e. The lowest BCUT2D eigenvalue weighted by molar-refractivity contribution is -0.154. The lowest BCUT2D eigenvalue weighted by Gasteiger charge is -2.38. The van der Waals surface area contributed by atoms with Gasteiger partial charge in [0.2, 0.25) is 0 Å². The molecule has 1 unspecified atom stereocenters. The van der Waals surface area contributed by atoms with Crippen molar-refractivity contribution in [2.24, 2.45) is 0 Å². The van der Waals surface area contributed by atoms with Crippen LogP contribution in [0.25, 0.3) is 0 Å². The van der Waals surface area contributed by atoms with Gasteiger partial charge in [-0.25, -0.2) is 8.42 Å². The van der Waals surface area contributed by atoms with E-state index in [4.69, 9.17) is 16.3 Å². The first kappa shape index (κ1) is 23.7. The van der Waals surface area contributed by atoms with Crippen molar-refractivity contribution in [2.75, 3.05) is 18.1 Å². The number of amides is 1. The molecule has 1 aromatic carbocycles. The summed E-state index contributed by atoms with van der Waals surface area (Å²) in [4.78, 5) is 38.8. The highest BCUT2D eigenvalue weighted by Crippen LogP contribution is 2.28. The van der Waals surface area contributed by atoms with Gasteiger partial charge in [0.1, 0.15) is 0 Å². The number of rotatable bonds is 8. The van der Waals surface area contributed by atoms with Gasteiger partial charge in [-0.1, -0.05) is 30.9 Å². The smallest absolute Gasteiger partial charge is 0.306 e. The van der Waals surface area contributed by atoms with E-state index in [1.54, 1.807) is 29.2 Å². The van der Waals surface area contributed by atoms with Crippen LogP contribution in [-0.2, 0) is 24.2 Å². The van der Waals surface area contributed by atoms with E-state index in [-0.39, 0.29) is 48.1 Å². The van der Waals surface area contributed by atoms with E-state index in [2.05, 4.69) is 0 Å². The minimum absolute atomic E-state index is 0.00951. The zero-order valence-electron chi connectivity index (χ0n) is 17.4. The van der Waals surface area contributed by atoms with Gasteiger partial charge in [0.05, 0.1) is 17.9 Å². The molecule has 9 heteroatoms. The van der Waals surface area contributed by atoms with Gasteiger partial charge in [0, 0.05) is 29.1 Å². The molecule has 1 aromatic rings. The molecule has 1 saturated carbocycles. The summed E-state index contributed by atoms with van der Waals surface area (Å²) in [6, 6.07) is 6.04. The number of carbonyl (C=O) groups excluding carboxylic acids is 3. The summed E-state index contributed by atoms with van der Waals surface area (Å²) in [6.45, 7) is -0.430. The van der Waals surface area contributed by atoms with Crippen LogP contribution in [0.2, 0.25) is 5.02 Å². The van der Waals surface area contributed by atoms with Gasteiger partial charge in [-0.15, -0.1) is 0 Å². The molecule has 1 heterocycles. The number of hydrogen-bond acceptors (Lipinski definition) is 6. The van der Waals surface area contributed by atoms with Crippen LogP contribution >= 0.6 is 11.6 Å². The van der Waals surface area contributed by atoms with Crippen LogP contribution in [0.1, 0.15) is 61.7 Å². The maximum Gasteiger partial charge on any atom is 0.306 e. The second-order valence-electron chi connectivity index (χ2n) is 8.24. The molecule has 170 valence electrons. The number of ether oxygens (including phenoxy) is 1. The molecule has 2 fully saturated rings. The van der Waals surface area contributed by atoms with Crippen LogP contribution in [0.15, 0.2) is 24.3 Å². The van der Waals surface area contributed by atoms with Crippen molar-refractivity contribution in [2.45, 2.75) is 63.5 Å². The molecule has 1 amide bonds. The third kappa shape index (κ3) is 6.77. The first-order chi connectivity index (χ1) is 14.7. The Morgan fingerprint density at radius 1 is 0.968 bits per heavy atom. The van der Waals surface area contributed by atoms with Crippen LogP contribution in [0.5, 0.6) is 0 Å². The molecule has 1 saturated heterocycles. The Bertz CT molecular complexity index is 908. The van der Waals surface area contributed by atoms with Gasteiger partial charge in [0.15, 0.2) is 22.2 Å². The number of hydrogen-bond donors (Lipinski definition) is 0. The van der Waals surface area contributed by atoms with Crippen molar-refractivity contribution in [3.05, 3.63) is 34.9 Å². The summed E-state index contributed by atoms with van der Waals surface area (Å²) >= 11 is 5.80. The predicted molar refractivity (Wildman–Crippen MR) is 117 cm³/mol. The first-order valence-corrected chi connectivity index (χ1v) is 12.9. The van der Waals surface area contributed by atoms with Gasteiger partial charge >= 0.3 is 5.97 Å². The van der Waals surface area contributed by atoms with E-state index in [0.717, 1.165) is 32.1 Å². The summed E-state index contributed by atoms with van der Waals surface area (Å²) in [5.74, 6) is -1.14. The highest BCUT2D eigenvalue weighted by Gasteiger charge is 2.38. The maximum atomic E-state index is 12.9. The number of Topliss-reactive ketones (excluding diaryl/α,β-unsaturated/α-hetero) is 1. The maximum absolute atomic E-state index is 12.9. The van der Waals surface area contributed by atoms with Crippen molar-refractivity contribution >= 4 is 39.1 Å². The molecule has 0 bridgehead atoms. The Morgan fingerprint density at radius 3 is 2.26 bits per heavy atom. The SMILES string of the molecule is O=C(CCC(=O)c1ccc(Cl)cc1)OCC(=O)N(C1CCCCC1)C1CCS(=O)(=O)C1. The van der Waals surface area contributed by atoms with Crippen LogP contribution in [0.3, 0.4) is 0 Å². The van der Waals surface area contributed by atoms with Crippen LogP contribution in [0, 0.1) is 0 Å². The number of benzene rings is 1. The van der Waals surface area contributed by atoms with Crippen LogP contribution in [-0.4, -0.2) is 61.2 Å². The lowest BCUT2D eigenvalue weighted by Crippen LogP contribution is -2.50. The second-order valence-corrected chi connectivity index (χ2v) is 10.9. The van der Waals surface area contributed by atoms with Crippen LogP contribution in [0.4, 0.5) is 0 Å². The van der Waals surface area contributed by atoms with E-state index in [1.165, 1.54) is 0 Å². The second kappa shape index (κ2) is 10.6. The fourth-order valence-corrected chi connectivity index (χ4v) is 6.18. The number of carbonyl (C=O) groups is 3. The van der Waals surface area contributed by atoms with Gasteiger partial charge in [-0.05, 0) is 43.5 Å². The van der Waals surface area contributed by atoms with Crippen molar-refractivity contribution in [1.29, 1.82) is 0 Å². The van der Waals surface area contributed by atoms with E-state index in [9.17, 15) is 22.8 Å². The summed E-state index contributed by atoms with van der Waals surface area (Å²) in [6.07, 6.45) is 5.06. The fourth-order valence-electron chi connectivity index (χ4n) is 4.34. The van der Waals surface area contributed by atoms with Crippen molar-refractivity contribution in [1.82, 2.24) is 4.90 Å². The molecule has 1 aliphatic carbocycles. The number of halogens is 1. The number of nitrogens with zero attached hydrogens (tertiary/aromatic N) is 1. The molecule has 0 radical (unpaired) electrons. The summed E-state index contributed by atoms with van der Waals surface area (Å²) < 4.78 is 29.0. The topological polar surface area (TPSA) is 97.8 Å². The minimum atomic E-state index is -3.14. The van der Waals surface area contributed by atoms with Crippen molar-refractivity contribution in [3.63, 3.8) is 0 Å². The molecule has 1 atom stereocenters. The molecule has 3 rings (SSSR count). The largest absolute Gasteiger partial charge is 0.456 e. The Labute approximate surface area is 188 Å². The van der Waals surface area contributed by atoms with E-state index in [0.29, 0.717) is 17.0 Å². The highest BCUT2D eigenvalue weighted by molar-refractivity contribution is 7.91. The van der Waals surface area contributed by atoms with Gasteiger partial charge in [-0.3, -0.25) is 14.4 Å². The normalized spacial score (nSPS) is 20.9. The van der Waals surface area contributed by atoms with E-state index in [1.807, 2.05) is 0 Å². The first-order valence-electron chi connectivity index (χ1n) is 10.7. The van der Waals surface area contributed by atoms with Gasteiger partial charge < -0.3 is 9.64 Å². The number of ketones is 1. The Kier molecular flexibility index (Phi) is 8.11. The molecule has 0 aromatic heterocycles. The molecule has 2 aliphatic rings. The quantitative estimate of drug-likeness (QED) is 0.428. The third-order valence-electron chi connectivity index (χ3n) is 5.94. The zero-order valence-corrected chi connectivity index (χ0v) is 19.0. The molecule has 0 N–H and O–H groups in total. The molecular formula is C22H28ClNO6S. The Morgan fingerprint density at radius 2 is 1.65 bits per heavy atom. The average Bonchev–Trinajstić information content (AvgIpc) is 3.11. The van der Waals surface area contributed by atoms with E-state index < -0.39 is 22.4 Å². The van der Waals surface area contributed by atoms with E-state index >= 15 is 0 Å². The molecule has 7 nitrogen and oxygen atoms in total. The number of sulfone groups is 1.